The Morgan fingerprint density at radius 2 is 1.89 bits per heavy atom. The smallest absolute Gasteiger partial charge is 0.416 e. The van der Waals surface area contributed by atoms with Gasteiger partial charge in [-0.3, -0.25) is 4.79 Å². The number of alkyl halides is 3. The number of hydrogen-bond acceptors (Lipinski definition) is 3. The van der Waals surface area contributed by atoms with E-state index in [0.29, 0.717) is 24.2 Å². The lowest BCUT2D eigenvalue weighted by Gasteiger charge is -2.35. The molecule has 1 saturated carbocycles. The van der Waals surface area contributed by atoms with Gasteiger partial charge >= 0.3 is 6.18 Å². The van der Waals surface area contributed by atoms with Crippen LogP contribution in [0.1, 0.15) is 28.8 Å². The molecule has 140 valence electrons. The molecule has 1 aliphatic carbocycles. The van der Waals surface area contributed by atoms with E-state index in [-0.39, 0.29) is 18.1 Å². The molecule has 5 nitrogen and oxygen atoms in total. The molecule has 0 bridgehead atoms. The zero-order valence-corrected chi connectivity index (χ0v) is 14.1. The van der Waals surface area contributed by atoms with Gasteiger partial charge in [-0.25, -0.2) is 4.52 Å². The van der Waals surface area contributed by atoms with Crippen LogP contribution in [0.3, 0.4) is 0 Å². The minimum absolute atomic E-state index is 0.0318. The largest absolute Gasteiger partial charge is 0.490 e. The summed E-state index contributed by atoms with van der Waals surface area (Å²) >= 11 is 0. The maximum atomic E-state index is 12.6. The molecule has 2 heterocycles. The minimum Gasteiger partial charge on any atom is -0.490 e. The molecule has 0 atom stereocenters. The van der Waals surface area contributed by atoms with E-state index in [2.05, 4.69) is 10.4 Å². The Bertz CT molecular complexity index is 960. The molecule has 2 aromatic heterocycles. The van der Waals surface area contributed by atoms with Gasteiger partial charge in [-0.05, 0) is 36.4 Å². The quantitative estimate of drug-likeness (QED) is 0.757. The third kappa shape index (κ3) is 3.60. The van der Waals surface area contributed by atoms with Crippen LogP contribution in [0.2, 0.25) is 0 Å². The van der Waals surface area contributed by atoms with Gasteiger partial charge in [0.1, 0.15) is 11.9 Å². The van der Waals surface area contributed by atoms with Gasteiger partial charge in [0, 0.05) is 25.1 Å². The van der Waals surface area contributed by atoms with Crippen LogP contribution in [0.25, 0.3) is 5.52 Å². The van der Waals surface area contributed by atoms with Crippen molar-refractivity contribution >= 4 is 11.4 Å². The molecule has 4 rings (SSSR count). The molecule has 1 fully saturated rings. The molecule has 1 aliphatic rings. The number of nitrogens with zero attached hydrogens (tertiary/aromatic N) is 2. The second-order valence-corrected chi connectivity index (χ2v) is 6.49. The van der Waals surface area contributed by atoms with E-state index in [1.165, 1.54) is 18.3 Å². The molecule has 0 saturated heterocycles. The Morgan fingerprint density at radius 3 is 2.59 bits per heavy atom. The summed E-state index contributed by atoms with van der Waals surface area (Å²) in [4.78, 5) is 12.4. The summed E-state index contributed by atoms with van der Waals surface area (Å²) in [5.74, 6) is 0.189. The van der Waals surface area contributed by atoms with Crippen LogP contribution in [-0.2, 0) is 6.18 Å². The van der Waals surface area contributed by atoms with Crippen molar-refractivity contribution in [1.82, 2.24) is 14.9 Å². The van der Waals surface area contributed by atoms with Crippen molar-refractivity contribution in [3.63, 3.8) is 0 Å². The van der Waals surface area contributed by atoms with E-state index in [1.807, 2.05) is 18.2 Å². The maximum Gasteiger partial charge on any atom is 0.416 e. The number of hydrogen-bond donors (Lipinski definition) is 1. The first-order valence-corrected chi connectivity index (χ1v) is 8.47. The van der Waals surface area contributed by atoms with E-state index >= 15 is 0 Å². The summed E-state index contributed by atoms with van der Waals surface area (Å²) in [5, 5.41) is 7.07. The highest BCUT2D eigenvalue weighted by molar-refractivity contribution is 6.00. The monoisotopic (exact) mass is 375 g/mol. The topological polar surface area (TPSA) is 55.6 Å². The van der Waals surface area contributed by atoms with Gasteiger partial charge < -0.3 is 10.1 Å². The van der Waals surface area contributed by atoms with E-state index in [0.717, 1.165) is 17.6 Å². The molecule has 0 unspecified atom stereocenters. The Kier molecular flexibility index (Phi) is 4.25. The number of nitrogens with one attached hydrogen (secondary N) is 1. The lowest BCUT2D eigenvalue weighted by Crippen LogP contribution is -2.48. The molecule has 0 spiro atoms. The Labute approximate surface area is 152 Å². The van der Waals surface area contributed by atoms with Crippen LogP contribution in [-0.4, -0.2) is 27.7 Å². The van der Waals surface area contributed by atoms with Gasteiger partial charge in [-0.15, -0.1) is 0 Å². The number of rotatable bonds is 4. The van der Waals surface area contributed by atoms with E-state index < -0.39 is 11.7 Å². The molecule has 3 aromatic rings. The molecule has 1 N–H and O–H groups in total. The van der Waals surface area contributed by atoms with Crippen molar-refractivity contribution in [3.8, 4) is 5.75 Å². The van der Waals surface area contributed by atoms with Crippen molar-refractivity contribution in [1.29, 1.82) is 0 Å². The highest BCUT2D eigenvalue weighted by Crippen LogP contribution is 2.32. The van der Waals surface area contributed by atoms with Gasteiger partial charge in [-0.2, -0.15) is 18.3 Å². The SMILES string of the molecule is O=C(NC1CC(Oc2ccc(C(F)(F)F)cc2)C1)c1cnn2ccccc12. The van der Waals surface area contributed by atoms with Crippen molar-refractivity contribution in [2.24, 2.45) is 0 Å². The molecule has 1 aromatic carbocycles. The van der Waals surface area contributed by atoms with Crippen molar-refractivity contribution in [2.45, 2.75) is 31.2 Å². The zero-order valence-electron chi connectivity index (χ0n) is 14.1. The normalized spacial score (nSPS) is 19.5. The number of aromatic nitrogens is 2. The Morgan fingerprint density at radius 1 is 1.15 bits per heavy atom. The standard InChI is InChI=1S/C19H16F3N3O2/c20-19(21,22)12-4-6-14(7-5-12)27-15-9-13(10-15)24-18(26)16-11-23-25-8-2-1-3-17(16)25/h1-8,11,13,15H,9-10H2,(H,24,26). The first-order valence-electron chi connectivity index (χ1n) is 8.47. The van der Waals surface area contributed by atoms with Crippen molar-refractivity contribution in [3.05, 3.63) is 66.0 Å². The molecule has 8 heteroatoms. The summed E-state index contributed by atoms with van der Waals surface area (Å²) in [7, 11) is 0. The third-order valence-corrected chi connectivity index (χ3v) is 4.59. The van der Waals surface area contributed by atoms with Gasteiger partial charge in [0.2, 0.25) is 0 Å². The summed E-state index contributed by atoms with van der Waals surface area (Å²) in [6.07, 6.45) is 0.0135. The predicted octanol–water partition coefficient (Wildman–Crippen LogP) is 3.69. The second-order valence-electron chi connectivity index (χ2n) is 6.49. The first-order chi connectivity index (χ1) is 12.9. The number of halogens is 3. The number of carbonyl (C=O) groups excluding carboxylic acids is 1. The van der Waals surface area contributed by atoms with Gasteiger partial charge in [0.25, 0.3) is 5.91 Å². The van der Waals surface area contributed by atoms with E-state index in [1.54, 1.807) is 10.7 Å². The fraction of sp³-hybridized carbons (Fsp3) is 0.263. The van der Waals surface area contributed by atoms with E-state index in [9.17, 15) is 18.0 Å². The number of pyridine rings is 1. The Hall–Kier alpha value is -3.03. The van der Waals surface area contributed by atoms with E-state index in [4.69, 9.17) is 4.74 Å². The second kappa shape index (κ2) is 6.61. The molecular weight excluding hydrogens is 359 g/mol. The first kappa shape index (κ1) is 17.4. The van der Waals surface area contributed by atoms with Crippen molar-refractivity contribution in [2.75, 3.05) is 0 Å². The van der Waals surface area contributed by atoms with Crippen LogP contribution >= 0.6 is 0 Å². The minimum atomic E-state index is -4.36. The molecular formula is C19H16F3N3O2. The van der Waals surface area contributed by atoms with Gasteiger partial charge in [-0.1, -0.05) is 6.07 Å². The highest BCUT2D eigenvalue weighted by atomic mass is 19.4. The summed E-state index contributed by atoms with van der Waals surface area (Å²) in [5.41, 5.74) is 0.525. The van der Waals surface area contributed by atoms with Gasteiger partial charge in [0.05, 0.1) is 22.8 Å². The molecule has 0 radical (unpaired) electrons. The fourth-order valence-corrected chi connectivity index (χ4v) is 3.07. The molecule has 0 aliphatic heterocycles. The van der Waals surface area contributed by atoms with Crippen LogP contribution in [0.15, 0.2) is 54.9 Å². The Balaban J connectivity index is 1.30. The maximum absolute atomic E-state index is 12.6. The number of carbonyl (C=O) groups is 1. The average molecular weight is 375 g/mol. The summed E-state index contributed by atoms with van der Waals surface area (Å²) in [6.45, 7) is 0. The van der Waals surface area contributed by atoms with Crippen LogP contribution < -0.4 is 10.1 Å². The lowest BCUT2D eigenvalue weighted by molar-refractivity contribution is -0.137. The molecule has 27 heavy (non-hydrogen) atoms. The summed E-state index contributed by atoms with van der Waals surface area (Å²) in [6, 6.07) is 10.1. The van der Waals surface area contributed by atoms with Crippen LogP contribution in [0.4, 0.5) is 13.2 Å². The fourth-order valence-electron chi connectivity index (χ4n) is 3.07. The average Bonchev–Trinajstić information content (AvgIpc) is 3.03. The predicted molar refractivity (Wildman–Crippen MR) is 91.5 cm³/mol. The lowest BCUT2D eigenvalue weighted by atomic mass is 9.89. The van der Waals surface area contributed by atoms with Crippen LogP contribution in [0, 0.1) is 0 Å². The van der Waals surface area contributed by atoms with Crippen LogP contribution in [0.5, 0.6) is 5.75 Å². The number of fused-ring (bicyclic) bond motifs is 1. The number of benzene rings is 1. The number of ether oxygens (including phenoxy) is 1. The highest BCUT2D eigenvalue weighted by Gasteiger charge is 2.33. The zero-order chi connectivity index (χ0) is 19.0. The number of amides is 1. The van der Waals surface area contributed by atoms with Gasteiger partial charge in [0.15, 0.2) is 0 Å². The van der Waals surface area contributed by atoms with Crippen molar-refractivity contribution < 1.29 is 22.7 Å². The summed E-state index contributed by atoms with van der Waals surface area (Å²) < 4.78 is 45.0. The third-order valence-electron chi connectivity index (χ3n) is 4.59. The molecule has 1 amide bonds.